The second-order valence-corrected chi connectivity index (χ2v) is 4.48. The van der Waals surface area contributed by atoms with Gasteiger partial charge in [-0.1, -0.05) is 6.07 Å². The minimum atomic E-state index is -0.472. The highest BCUT2D eigenvalue weighted by molar-refractivity contribution is 6.01. The number of nitrogens with two attached hydrogens (primary N) is 2. The van der Waals surface area contributed by atoms with Gasteiger partial charge in [-0.3, -0.25) is 9.78 Å². The summed E-state index contributed by atoms with van der Waals surface area (Å²) in [6, 6.07) is 9.08. The van der Waals surface area contributed by atoms with Crippen molar-refractivity contribution in [2.45, 2.75) is 13.5 Å². The molecule has 2 rings (SSSR count). The van der Waals surface area contributed by atoms with Crippen LogP contribution in [-0.2, 0) is 6.54 Å². The zero-order chi connectivity index (χ0) is 14.5. The first kappa shape index (κ1) is 13.9. The summed E-state index contributed by atoms with van der Waals surface area (Å²) < 4.78 is 0. The van der Waals surface area contributed by atoms with Crippen LogP contribution in [-0.4, -0.2) is 17.4 Å². The SMILES string of the molecule is CCN(Cc1ccncc1)c1c(N)cccc1C(N)=O. The van der Waals surface area contributed by atoms with Gasteiger partial charge < -0.3 is 16.4 Å². The van der Waals surface area contributed by atoms with Gasteiger partial charge in [-0.2, -0.15) is 0 Å². The van der Waals surface area contributed by atoms with Crippen LogP contribution in [0.3, 0.4) is 0 Å². The Hall–Kier alpha value is -2.56. The molecule has 0 spiro atoms. The number of benzene rings is 1. The molecule has 0 aliphatic rings. The van der Waals surface area contributed by atoms with Crippen LogP contribution in [0.4, 0.5) is 11.4 Å². The first-order valence-electron chi connectivity index (χ1n) is 6.45. The van der Waals surface area contributed by atoms with Gasteiger partial charge in [0.2, 0.25) is 0 Å². The van der Waals surface area contributed by atoms with E-state index in [0.29, 0.717) is 23.5 Å². The Labute approximate surface area is 118 Å². The van der Waals surface area contributed by atoms with E-state index in [0.717, 1.165) is 12.1 Å². The van der Waals surface area contributed by atoms with Gasteiger partial charge in [0.15, 0.2) is 0 Å². The minimum absolute atomic E-state index is 0.445. The van der Waals surface area contributed by atoms with Crippen LogP contribution in [0.15, 0.2) is 42.7 Å². The predicted octanol–water partition coefficient (Wildman–Crippen LogP) is 1.79. The number of hydrogen-bond acceptors (Lipinski definition) is 4. The van der Waals surface area contributed by atoms with Gasteiger partial charge in [-0.15, -0.1) is 0 Å². The Morgan fingerprint density at radius 3 is 2.55 bits per heavy atom. The van der Waals surface area contributed by atoms with Crippen LogP contribution in [0, 0.1) is 0 Å². The van der Waals surface area contributed by atoms with E-state index in [-0.39, 0.29) is 0 Å². The number of rotatable bonds is 5. The van der Waals surface area contributed by atoms with E-state index < -0.39 is 5.91 Å². The van der Waals surface area contributed by atoms with Crippen molar-refractivity contribution in [3.8, 4) is 0 Å². The average molecular weight is 270 g/mol. The average Bonchev–Trinajstić information content (AvgIpc) is 2.46. The molecule has 1 aromatic heterocycles. The van der Waals surface area contributed by atoms with E-state index in [2.05, 4.69) is 4.98 Å². The Bertz CT molecular complexity index is 598. The summed E-state index contributed by atoms with van der Waals surface area (Å²) in [5, 5.41) is 0. The Balaban J connectivity index is 2.39. The van der Waals surface area contributed by atoms with Gasteiger partial charge in [0, 0.05) is 25.5 Å². The highest BCUT2D eigenvalue weighted by Crippen LogP contribution is 2.28. The van der Waals surface area contributed by atoms with Crippen LogP contribution in [0.2, 0.25) is 0 Å². The highest BCUT2D eigenvalue weighted by atomic mass is 16.1. The van der Waals surface area contributed by atoms with E-state index in [1.165, 1.54) is 0 Å². The van der Waals surface area contributed by atoms with Crippen LogP contribution < -0.4 is 16.4 Å². The standard InChI is InChI=1S/C15H18N4O/c1-2-19(10-11-6-8-18-9-7-11)14-12(15(17)20)4-3-5-13(14)16/h3-9H,2,10,16H2,1H3,(H2,17,20). The van der Waals surface area contributed by atoms with Gasteiger partial charge in [0.25, 0.3) is 5.91 Å². The molecule has 1 amide bonds. The molecule has 0 aliphatic heterocycles. The number of amides is 1. The van der Waals surface area contributed by atoms with Crippen LogP contribution in [0.25, 0.3) is 0 Å². The Kier molecular flexibility index (Phi) is 4.20. The van der Waals surface area contributed by atoms with E-state index in [9.17, 15) is 4.79 Å². The first-order chi connectivity index (χ1) is 9.63. The van der Waals surface area contributed by atoms with Crippen molar-refractivity contribution in [2.75, 3.05) is 17.2 Å². The molecule has 104 valence electrons. The van der Waals surface area contributed by atoms with Gasteiger partial charge in [-0.05, 0) is 36.8 Å². The van der Waals surface area contributed by atoms with Gasteiger partial charge in [0.05, 0.1) is 16.9 Å². The zero-order valence-corrected chi connectivity index (χ0v) is 11.4. The number of primary amides is 1. The molecule has 0 unspecified atom stereocenters. The monoisotopic (exact) mass is 270 g/mol. The minimum Gasteiger partial charge on any atom is -0.397 e. The molecule has 20 heavy (non-hydrogen) atoms. The maximum atomic E-state index is 11.6. The fourth-order valence-electron chi connectivity index (χ4n) is 2.17. The van der Waals surface area contributed by atoms with Crippen LogP contribution in [0.1, 0.15) is 22.8 Å². The topological polar surface area (TPSA) is 85.2 Å². The molecule has 0 aliphatic carbocycles. The van der Waals surface area contributed by atoms with Crippen molar-refractivity contribution < 1.29 is 4.79 Å². The lowest BCUT2D eigenvalue weighted by Crippen LogP contribution is -2.27. The molecular weight excluding hydrogens is 252 g/mol. The van der Waals surface area contributed by atoms with Crippen LogP contribution in [0.5, 0.6) is 0 Å². The number of aromatic nitrogens is 1. The lowest BCUT2D eigenvalue weighted by molar-refractivity contribution is 0.100. The summed E-state index contributed by atoms with van der Waals surface area (Å²) in [4.78, 5) is 17.6. The lowest BCUT2D eigenvalue weighted by Gasteiger charge is -2.26. The summed E-state index contributed by atoms with van der Waals surface area (Å²) in [7, 11) is 0. The maximum absolute atomic E-state index is 11.6. The zero-order valence-electron chi connectivity index (χ0n) is 11.4. The molecular formula is C15H18N4O. The third kappa shape index (κ3) is 2.88. The molecule has 0 saturated carbocycles. The summed E-state index contributed by atoms with van der Waals surface area (Å²) in [6.45, 7) is 3.38. The quantitative estimate of drug-likeness (QED) is 0.811. The molecule has 0 atom stereocenters. The number of nitrogens with zero attached hydrogens (tertiary/aromatic N) is 2. The molecule has 0 radical (unpaired) electrons. The van der Waals surface area contributed by atoms with Gasteiger partial charge in [-0.25, -0.2) is 0 Å². The Morgan fingerprint density at radius 1 is 1.25 bits per heavy atom. The summed E-state index contributed by atoms with van der Waals surface area (Å²) >= 11 is 0. The summed E-state index contributed by atoms with van der Waals surface area (Å²) in [6.07, 6.45) is 3.49. The number of carbonyl (C=O) groups is 1. The number of para-hydroxylation sites is 1. The lowest BCUT2D eigenvalue weighted by atomic mass is 10.1. The second-order valence-electron chi connectivity index (χ2n) is 4.48. The molecule has 1 heterocycles. The number of hydrogen-bond donors (Lipinski definition) is 2. The maximum Gasteiger partial charge on any atom is 0.250 e. The van der Waals surface area contributed by atoms with E-state index in [1.54, 1.807) is 30.6 Å². The van der Waals surface area contributed by atoms with Crippen molar-refractivity contribution >= 4 is 17.3 Å². The molecule has 4 N–H and O–H groups in total. The van der Waals surface area contributed by atoms with Crippen LogP contribution >= 0.6 is 0 Å². The third-order valence-electron chi connectivity index (χ3n) is 3.15. The Morgan fingerprint density at radius 2 is 1.95 bits per heavy atom. The number of nitrogen functional groups attached to an aromatic ring is 1. The van der Waals surface area contributed by atoms with Crippen molar-refractivity contribution in [1.82, 2.24) is 4.98 Å². The summed E-state index contributed by atoms with van der Waals surface area (Å²) in [5.41, 5.74) is 14.3. The smallest absolute Gasteiger partial charge is 0.250 e. The first-order valence-corrected chi connectivity index (χ1v) is 6.45. The number of anilines is 2. The summed E-state index contributed by atoms with van der Waals surface area (Å²) in [5.74, 6) is -0.472. The fourth-order valence-corrected chi connectivity index (χ4v) is 2.17. The van der Waals surface area contributed by atoms with Gasteiger partial charge in [0.1, 0.15) is 0 Å². The molecule has 0 fully saturated rings. The molecule has 0 saturated heterocycles. The molecule has 5 heteroatoms. The normalized spacial score (nSPS) is 10.2. The predicted molar refractivity (Wildman–Crippen MR) is 80.3 cm³/mol. The molecule has 2 aromatic rings. The van der Waals surface area contributed by atoms with Crippen molar-refractivity contribution in [3.05, 3.63) is 53.9 Å². The molecule has 0 bridgehead atoms. The number of pyridine rings is 1. The fraction of sp³-hybridized carbons (Fsp3) is 0.200. The van der Waals surface area contributed by atoms with Crippen molar-refractivity contribution in [2.24, 2.45) is 5.73 Å². The number of carbonyl (C=O) groups excluding carboxylic acids is 1. The highest BCUT2D eigenvalue weighted by Gasteiger charge is 2.16. The van der Waals surface area contributed by atoms with Crippen molar-refractivity contribution in [1.29, 1.82) is 0 Å². The third-order valence-corrected chi connectivity index (χ3v) is 3.15. The largest absolute Gasteiger partial charge is 0.397 e. The van der Waals surface area contributed by atoms with Crippen molar-refractivity contribution in [3.63, 3.8) is 0 Å². The molecule has 5 nitrogen and oxygen atoms in total. The molecule has 1 aromatic carbocycles. The van der Waals surface area contributed by atoms with E-state index in [4.69, 9.17) is 11.5 Å². The van der Waals surface area contributed by atoms with Gasteiger partial charge >= 0.3 is 0 Å². The van der Waals surface area contributed by atoms with E-state index >= 15 is 0 Å². The van der Waals surface area contributed by atoms with E-state index in [1.807, 2.05) is 24.0 Å². The second kappa shape index (κ2) is 6.06.